The van der Waals surface area contributed by atoms with Gasteiger partial charge in [-0.05, 0) is 96.1 Å². The SMILES string of the molecule is Fc1ccc(-c2ccn3c2CNCC3)cc1.O=C(Nc1ccc(F)c(Cl)c1)N1CCn2ccc(-c3ccc(F)cc3)c2C1.O=C(Nc1ccc(F)c(Cl)c1)Oc1ccccc1. The molecule has 2 aromatic heterocycles. The van der Waals surface area contributed by atoms with E-state index in [1.807, 2.05) is 30.5 Å². The van der Waals surface area contributed by atoms with Gasteiger partial charge >= 0.3 is 12.1 Å². The number of amides is 3. The average Bonchev–Trinajstić information content (AvgIpc) is 3.90. The molecular formula is C46H38Cl2F4N6O3. The lowest BCUT2D eigenvalue weighted by Gasteiger charge is -2.29. The normalized spacial score (nSPS) is 12.7. The number of anilines is 2. The number of nitrogens with one attached hydrogen (secondary N) is 3. The zero-order chi connectivity index (χ0) is 42.9. The van der Waals surface area contributed by atoms with Gasteiger partial charge in [0, 0.05) is 79.0 Å². The number of carbonyl (C=O) groups is 2. The molecule has 0 spiro atoms. The molecule has 2 aliphatic rings. The Morgan fingerprint density at radius 2 is 1.15 bits per heavy atom. The molecule has 3 N–H and O–H groups in total. The summed E-state index contributed by atoms with van der Waals surface area (Å²) >= 11 is 11.4. The van der Waals surface area contributed by atoms with Gasteiger partial charge in [0.2, 0.25) is 0 Å². The Morgan fingerprint density at radius 3 is 1.72 bits per heavy atom. The van der Waals surface area contributed by atoms with E-state index in [0.717, 1.165) is 42.0 Å². The van der Waals surface area contributed by atoms with Crippen LogP contribution in [-0.2, 0) is 26.2 Å². The first-order chi connectivity index (χ1) is 29.5. The average molecular weight is 870 g/mol. The first kappa shape index (κ1) is 42.6. The number of benzene rings is 5. The fraction of sp³-hybridized carbons (Fsp3) is 0.130. The smallest absolute Gasteiger partial charge is 0.410 e. The predicted molar refractivity (Wildman–Crippen MR) is 230 cm³/mol. The van der Waals surface area contributed by atoms with E-state index in [1.54, 1.807) is 41.3 Å². The molecule has 0 unspecified atom stereocenters. The van der Waals surface area contributed by atoms with Crippen molar-refractivity contribution in [1.29, 1.82) is 0 Å². The third-order valence-electron chi connectivity index (χ3n) is 9.82. The summed E-state index contributed by atoms with van der Waals surface area (Å²) < 4.78 is 61.6. The number of ether oxygens (including phenoxy) is 1. The first-order valence-corrected chi connectivity index (χ1v) is 19.8. The lowest BCUT2D eigenvalue weighted by molar-refractivity contribution is 0.197. The standard InChI is InChI=1S/C20H16ClF2N3O.C13H9ClFNO2.C13H13FN2/c21-17-11-15(5-6-18(17)23)24-20(27)26-10-9-25-8-7-16(19(25)12-26)13-1-3-14(22)4-2-13;14-11-8-9(6-7-12(11)15)16-13(17)18-10-4-2-1-3-5-10;14-11-3-1-10(2-4-11)12-5-7-16-8-6-15-9-13(12)16/h1-8,11H,9-10,12H2,(H,24,27);1-8H,(H,16,17);1-5,7,15H,6,8-9H2. The highest BCUT2D eigenvalue weighted by atomic mass is 35.5. The lowest BCUT2D eigenvalue weighted by atomic mass is 10.1. The molecule has 312 valence electrons. The zero-order valence-electron chi connectivity index (χ0n) is 32.4. The predicted octanol–water partition coefficient (Wildman–Crippen LogP) is 11.6. The Kier molecular flexibility index (Phi) is 13.7. The highest BCUT2D eigenvalue weighted by Gasteiger charge is 2.24. The molecule has 9 rings (SSSR count). The van der Waals surface area contributed by atoms with Crippen molar-refractivity contribution in [2.45, 2.75) is 26.2 Å². The van der Waals surface area contributed by atoms with E-state index in [0.29, 0.717) is 36.8 Å². The van der Waals surface area contributed by atoms with E-state index in [-0.39, 0.29) is 27.7 Å². The highest BCUT2D eigenvalue weighted by molar-refractivity contribution is 6.31. The van der Waals surface area contributed by atoms with E-state index in [4.69, 9.17) is 27.9 Å². The van der Waals surface area contributed by atoms with Gasteiger partial charge in [0.1, 0.15) is 29.0 Å². The number of fused-ring (bicyclic) bond motifs is 2. The second-order valence-corrected chi connectivity index (χ2v) is 14.7. The van der Waals surface area contributed by atoms with Gasteiger partial charge < -0.3 is 29.4 Å². The number of aromatic nitrogens is 2. The molecule has 7 aromatic rings. The third-order valence-corrected chi connectivity index (χ3v) is 10.4. The van der Waals surface area contributed by atoms with E-state index < -0.39 is 17.7 Å². The fourth-order valence-electron chi connectivity index (χ4n) is 6.74. The summed E-state index contributed by atoms with van der Waals surface area (Å²) in [5.41, 5.74) is 7.23. The van der Waals surface area contributed by atoms with Crippen LogP contribution in [0.15, 0.2) is 140 Å². The van der Waals surface area contributed by atoms with Crippen LogP contribution in [0.4, 0.5) is 38.5 Å². The van der Waals surface area contributed by atoms with Crippen LogP contribution >= 0.6 is 23.2 Å². The van der Waals surface area contributed by atoms with Gasteiger partial charge in [0.15, 0.2) is 0 Å². The lowest BCUT2D eigenvalue weighted by Crippen LogP contribution is -2.40. The van der Waals surface area contributed by atoms with Crippen molar-refractivity contribution in [3.05, 3.63) is 184 Å². The highest BCUT2D eigenvalue weighted by Crippen LogP contribution is 2.30. The van der Waals surface area contributed by atoms with Gasteiger partial charge in [-0.3, -0.25) is 5.32 Å². The summed E-state index contributed by atoms with van der Waals surface area (Å²) in [7, 11) is 0. The van der Waals surface area contributed by atoms with E-state index >= 15 is 0 Å². The van der Waals surface area contributed by atoms with Crippen LogP contribution in [0, 0.1) is 23.3 Å². The number of nitrogens with zero attached hydrogens (tertiary/aromatic N) is 3. The van der Waals surface area contributed by atoms with Crippen LogP contribution in [0.1, 0.15) is 11.4 Å². The number of para-hydroxylation sites is 1. The Bertz CT molecular complexity index is 2620. The van der Waals surface area contributed by atoms with Crippen molar-refractivity contribution >= 4 is 46.7 Å². The van der Waals surface area contributed by atoms with Crippen LogP contribution in [0.3, 0.4) is 0 Å². The number of hydrogen-bond donors (Lipinski definition) is 3. The maximum atomic E-state index is 13.3. The molecular weight excluding hydrogens is 831 g/mol. The summed E-state index contributed by atoms with van der Waals surface area (Å²) in [4.78, 5) is 25.8. The van der Waals surface area contributed by atoms with Crippen LogP contribution in [0.25, 0.3) is 22.3 Å². The molecule has 9 nitrogen and oxygen atoms in total. The van der Waals surface area contributed by atoms with E-state index in [9.17, 15) is 27.2 Å². The number of urea groups is 1. The third kappa shape index (κ3) is 11.0. The minimum atomic E-state index is -0.663. The number of hydrogen-bond acceptors (Lipinski definition) is 4. The quantitative estimate of drug-likeness (QED) is 0.150. The second kappa shape index (κ2) is 19.7. The van der Waals surface area contributed by atoms with E-state index in [2.05, 4.69) is 37.3 Å². The largest absolute Gasteiger partial charge is 0.417 e. The topological polar surface area (TPSA) is 92.6 Å². The molecule has 2 aliphatic heterocycles. The maximum absolute atomic E-state index is 13.3. The molecule has 4 heterocycles. The van der Waals surface area contributed by atoms with Gasteiger partial charge in [-0.25, -0.2) is 27.2 Å². The molecule has 0 aliphatic carbocycles. The Balaban J connectivity index is 0.000000144. The van der Waals surface area contributed by atoms with Crippen molar-refractivity contribution in [1.82, 2.24) is 19.4 Å². The molecule has 0 saturated carbocycles. The number of carbonyl (C=O) groups excluding carboxylic acids is 2. The second-order valence-electron chi connectivity index (χ2n) is 13.9. The monoisotopic (exact) mass is 868 g/mol. The van der Waals surface area contributed by atoms with Crippen LogP contribution in [0.5, 0.6) is 5.75 Å². The van der Waals surface area contributed by atoms with Gasteiger partial charge in [0.25, 0.3) is 0 Å². The van der Waals surface area contributed by atoms with Crippen molar-refractivity contribution in [3.8, 4) is 28.0 Å². The molecule has 0 bridgehead atoms. The molecule has 3 amide bonds. The molecule has 0 radical (unpaired) electrons. The van der Waals surface area contributed by atoms with Crippen molar-refractivity contribution in [3.63, 3.8) is 0 Å². The number of rotatable bonds is 5. The Labute approximate surface area is 359 Å². The summed E-state index contributed by atoms with van der Waals surface area (Å²) in [6.45, 7) is 4.54. The van der Waals surface area contributed by atoms with Gasteiger partial charge in [-0.1, -0.05) is 65.7 Å². The van der Waals surface area contributed by atoms with Crippen molar-refractivity contribution < 1.29 is 31.9 Å². The minimum absolute atomic E-state index is 0.0427. The molecule has 61 heavy (non-hydrogen) atoms. The van der Waals surface area contributed by atoms with Gasteiger partial charge in [0.05, 0.1) is 16.6 Å². The Morgan fingerprint density at radius 1 is 0.607 bits per heavy atom. The van der Waals surface area contributed by atoms with Gasteiger partial charge in [-0.15, -0.1) is 0 Å². The van der Waals surface area contributed by atoms with E-state index in [1.165, 1.54) is 71.9 Å². The van der Waals surface area contributed by atoms with Crippen LogP contribution < -0.4 is 20.7 Å². The zero-order valence-corrected chi connectivity index (χ0v) is 33.9. The van der Waals surface area contributed by atoms with Crippen LogP contribution in [0.2, 0.25) is 10.0 Å². The summed E-state index contributed by atoms with van der Waals surface area (Å²) in [5.74, 6) is -1.13. The first-order valence-electron chi connectivity index (χ1n) is 19.1. The van der Waals surface area contributed by atoms with Crippen molar-refractivity contribution in [2.75, 3.05) is 23.7 Å². The molecule has 0 saturated heterocycles. The molecule has 15 heteroatoms. The fourth-order valence-corrected chi connectivity index (χ4v) is 7.11. The summed E-state index contributed by atoms with van der Waals surface area (Å²) in [6.07, 6.45) is 3.42. The van der Waals surface area contributed by atoms with Crippen LogP contribution in [-0.4, -0.2) is 39.2 Å². The molecule has 0 atom stereocenters. The maximum Gasteiger partial charge on any atom is 0.417 e. The molecule has 0 fully saturated rings. The van der Waals surface area contributed by atoms with Gasteiger partial charge in [-0.2, -0.15) is 0 Å². The summed E-state index contributed by atoms with van der Waals surface area (Å²) in [6, 6.07) is 33.3. The van der Waals surface area contributed by atoms with Crippen molar-refractivity contribution in [2.24, 2.45) is 0 Å². The number of halogens is 6. The molecule has 5 aromatic carbocycles. The summed E-state index contributed by atoms with van der Waals surface area (Å²) in [5, 5.41) is 8.44. The minimum Gasteiger partial charge on any atom is -0.410 e. The Hall–Kier alpha value is -6.54.